The summed E-state index contributed by atoms with van der Waals surface area (Å²) in [6, 6.07) is 16.1. The number of anilines is 1. The molecule has 0 aliphatic heterocycles. The van der Waals surface area contributed by atoms with Crippen molar-refractivity contribution in [3.8, 4) is 11.1 Å². The van der Waals surface area contributed by atoms with E-state index in [2.05, 4.69) is 36.5 Å². The van der Waals surface area contributed by atoms with Crippen LogP contribution >= 0.6 is 23.1 Å². The monoisotopic (exact) mass is 463 g/mol. The van der Waals surface area contributed by atoms with Crippen LogP contribution in [-0.4, -0.2) is 21.2 Å². The lowest BCUT2D eigenvalue weighted by Crippen LogP contribution is -2.23. The van der Waals surface area contributed by atoms with Gasteiger partial charge in [0.05, 0.1) is 11.3 Å². The summed E-state index contributed by atoms with van der Waals surface area (Å²) in [6.07, 6.45) is 0.912. The van der Waals surface area contributed by atoms with Crippen LogP contribution in [0.1, 0.15) is 25.0 Å². The minimum absolute atomic E-state index is 0.0561. The Morgan fingerprint density at radius 2 is 1.94 bits per heavy atom. The van der Waals surface area contributed by atoms with Crippen molar-refractivity contribution in [2.45, 2.75) is 38.9 Å². The molecule has 4 rings (SSSR count). The molecule has 5 nitrogen and oxygen atoms in total. The van der Waals surface area contributed by atoms with Crippen LogP contribution in [0.2, 0.25) is 0 Å². The van der Waals surface area contributed by atoms with Crippen molar-refractivity contribution < 1.29 is 4.79 Å². The van der Waals surface area contributed by atoms with Gasteiger partial charge < -0.3 is 5.32 Å². The summed E-state index contributed by atoms with van der Waals surface area (Å²) in [5.74, 6) is 0.0579. The Morgan fingerprint density at radius 3 is 2.66 bits per heavy atom. The van der Waals surface area contributed by atoms with Crippen LogP contribution in [0.25, 0.3) is 21.3 Å². The first kappa shape index (κ1) is 22.3. The zero-order valence-electron chi connectivity index (χ0n) is 18.3. The van der Waals surface area contributed by atoms with Crippen LogP contribution in [0, 0.1) is 6.92 Å². The molecule has 0 radical (unpaired) electrons. The number of rotatable bonds is 7. The maximum absolute atomic E-state index is 13.1. The largest absolute Gasteiger partial charge is 0.325 e. The Balaban J connectivity index is 1.61. The van der Waals surface area contributed by atoms with Gasteiger partial charge >= 0.3 is 0 Å². The Morgan fingerprint density at radius 1 is 1.16 bits per heavy atom. The third kappa shape index (κ3) is 4.64. The summed E-state index contributed by atoms with van der Waals surface area (Å²) in [4.78, 5) is 30.5. The first-order valence-corrected chi connectivity index (χ1v) is 12.5. The molecule has 0 aliphatic carbocycles. The lowest BCUT2D eigenvalue weighted by Gasteiger charge is -2.11. The van der Waals surface area contributed by atoms with Gasteiger partial charge in [-0.1, -0.05) is 60.6 Å². The molecule has 2 heterocycles. The molecule has 0 spiro atoms. The second-order valence-electron chi connectivity index (χ2n) is 7.53. The van der Waals surface area contributed by atoms with E-state index in [-0.39, 0.29) is 17.2 Å². The van der Waals surface area contributed by atoms with Gasteiger partial charge in [-0.2, -0.15) is 0 Å². The Kier molecular flexibility index (Phi) is 6.77. The lowest BCUT2D eigenvalue weighted by atomic mass is 10.1. The van der Waals surface area contributed by atoms with E-state index in [9.17, 15) is 9.59 Å². The number of fused-ring (bicyclic) bond motifs is 1. The normalized spacial score (nSPS) is 11.1. The van der Waals surface area contributed by atoms with Crippen molar-refractivity contribution in [1.29, 1.82) is 0 Å². The van der Waals surface area contributed by atoms with Gasteiger partial charge in [0.2, 0.25) is 5.91 Å². The molecule has 0 bridgehead atoms. The van der Waals surface area contributed by atoms with Crippen LogP contribution in [0.15, 0.2) is 63.9 Å². The number of nitrogens with zero attached hydrogens (tertiary/aromatic N) is 2. The predicted octanol–water partition coefficient (Wildman–Crippen LogP) is 5.75. The standard InChI is InChI=1S/C25H25N3O2S2/c1-4-17-7-6-8-19(13-17)26-21(29)15-32-25-27-22-20(18-11-9-16(3)10-12-18)14-31-23(22)24(30)28(25)5-2/h6-14H,4-5,15H2,1-3H3,(H,26,29). The SMILES string of the molecule is CCc1cccc(NC(=O)CSc2nc3c(-c4ccc(C)cc4)csc3c(=O)n2CC)c1. The van der Waals surface area contributed by atoms with E-state index < -0.39 is 0 Å². The van der Waals surface area contributed by atoms with Crippen LogP contribution in [-0.2, 0) is 17.8 Å². The topological polar surface area (TPSA) is 64.0 Å². The quantitative estimate of drug-likeness (QED) is 0.280. The van der Waals surface area contributed by atoms with E-state index in [4.69, 9.17) is 4.98 Å². The Hall–Kier alpha value is -2.90. The number of thioether (sulfide) groups is 1. The van der Waals surface area contributed by atoms with Crippen LogP contribution in [0.3, 0.4) is 0 Å². The molecule has 2 aromatic carbocycles. The van der Waals surface area contributed by atoms with Crippen molar-refractivity contribution in [3.63, 3.8) is 0 Å². The van der Waals surface area contributed by atoms with Crippen molar-refractivity contribution in [2.24, 2.45) is 0 Å². The fourth-order valence-electron chi connectivity index (χ4n) is 3.50. The van der Waals surface area contributed by atoms with E-state index in [0.29, 0.717) is 21.9 Å². The number of hydrogen-bond acceptors (Lipinski definition) is 5. The maximum atomic E-state index is 13.1. The number of aryl methyl sites for hydroxylation is 2. The maximum Gasteiger partial charge on any atom is 0.272 e. The predicted molar refractivity (Wildman–Crippen MR) is 135 cm³/mol. The van der Waals surface area contributed by atoms with Crippen LogP contribution < -0.4 is 10.9 Å². The smallest absolute Gasteiger partial charge is 0.272 e. The van der Waals surface area contributed by atoms with Crippen LogP contribution in [0.4, 0.5) is 5.69 Å². The van der Waals surface area contributed by atoms with E-state index >= 15 is 0 Å². The molecule has 32 heavy (non-hydrogen) atoms. The fraction of sp³-hybridized carbons (Fsp3) is 0.240. The molecule has 0 saturated carbocycles. The van der Waals surface area contributed by atoms with Crippen molar-refractivity contribution in [3.05, 3.63) is 75.4 Å². The molecule has 7 heteroatoms. The summed E-state index contributed by atoms with van der Waals surface area (Å²) in [7, 11) is 0. The van der Waals surface area contributed by atoms with Gasteiger partial charge in [-0.05, 0) is 43.5 Å². The Bertz CT molecular complexity index is 1320. The van der Waals surface area contributed by atoms with Gasteiger partial charge in [0.15, 0.2) is 5.16 Å². The van der Waals surface area contributed by atoms with Gasteiger partial charge in [0.25, 0.3) is 5.56 Å². The second kappa shape index (κ2) is 9.71. The number of carbonyl (C=O) groups excluding carboxylic acids is 1. The summed E-state index contributed by atoms with van der Waals surface area (Å²) >= 11 is 2.72. The number of carbonyl (C=O) groups is 1. The summed E-state index contributed by atoms with van der Waals surface area (Å²) in [6.45, 7) is 6.55. The van der Waals surface area contributed by atoms with E-state index in [1.54, 1.807) is 4.57 Å². The number of aromatic nitrogens is 2. The summed E-state index contributed by atoms with van der Waals surface area (Å²) < 4.78 is 2.29. The number of nitrogens with one attached hydrogen (secondary N) is 1. The summed E-state index contributed by atoms with van der Waals surface area (Å²) in [5.41, 5.74) is 5.77. The molecule has 0 atom stereocenters. The highest BCUT2D eigenvalue weighted by atomic mass is 32.2. The zero-order valence-corrected chi connectivity index (χ0v) is 20.0. The molecule has 1 N–H and O–H groups in total. The zero-order chi connectivity index (χ0) is 22.7. The molecule has 0 fully saturated rings. The van der Waals surface area contributed by atoms with Gasteiger partial charge in [0, 0.05) is 23.2 Å². The van der Waals surface area contributed by atoms with Gasteiger partial charge in [-0.15, -0.1) is 11.3 Å². The summed E-state index contributed by atoms with van der Waals surface area (Å²) in [5, 5.41) is 5.50. The molecule has 0 aliphatic rings. The molecule has 0 saturated heterocycles. The first-order chi connectivity index (χ1) is 15.5. The van der Waals surface area contributed by atoms with E-state index in [0.717, 1.165) is 23.2 Å². The lowest BCUT2D eigenvalue weighted by molar-refractivity contribution is -0.113. The Labute approximate surface area is 195 Å². The number of amides is 1. The molecule has 4 aromatic rings. The van der Waals surface area contributed by atoms with E-state index in [1.165, 1.54) is 34.2 Å². The van der Waals surface area contributed by atoms with Gasteiger partial charge in [-0.25, -0.2) is 4.98 Å². The minimum atomic E-state index is -0.121. The fourth-order valence-corrected chi connectivity index (χ4v) is 5.32. The highest BCUT2D eigenvalue weighted by molar-refractivity contribution is 7.99. The average Bonchev–Trinajstić information content (AvgIpc) is 3.22. The van der Waals surface area contributed by atoms with Crippen molar-refractivity contribution in [2.75, 3.05) is 11.1 Å². The van der Waals surface area contributed by atoms with E-state index in [1.807, 2.05) is 43.5 Å². The number of thiophene rings is 1. The molecule has 1 amide bonds. The molecule has 164 valence electrons. The van der Waals surface area contributed by atoms with Crippen molar-refractivity contribution >= 4 is 44.9 Å². The highest BCUT2D eigenvalue weighted by Crippen LogP contribution is 2.32. The molecular formula is C25H25N3O2S2. The first-order valence-electron chi connectivity index (χ1n) is 10.6. The third-order valence-corrected chi connectivity index (χ3v) is 7.21. The van der Waals surface area contributed by atoms with Gasteiger partial charge in [-0.3, -0.25) is 14.2 Å². The average molecular weight is 464 g/mol. The number of hydrogen-bond donors (Lipinski definition) is 1. The molecule has 0 unspecified atom stereocenters. The highest BCUT2D eigenvalue weighted by Gasteiger charge is 2.17. The van der Waals surface area contributed by atoms with Crippen molar-refractivity contribution in [1.82, 2.24) is 9.55 Å². The second-order valence-corrected chi connectivity index (χ2v) is 9.35. The van der Waals surface area contributed by atoms with Gasteiger partial charge in [0.1, 0.15) is 4.70 Å². The van der Waals surface area contributed by atoms with Crippen LogP contribution in [0.5, 0.6) is 0 Å². The minimum Gasteiger partial charge on any atom is -0.325 e. The molecule has 2 aromatic heterocycles. The third-order valence-electron chi connectivity index (χ3n) is 5.27. The number of benzene rings is 2. The molecular weight excluding hydrogens is 438 g/mol.